The molecule has 0 atom stereocenters. The van der Waals surface area contributed by atoms with E-state index in [0.717, 1.165) is 6.42 Å². The molecule has 0 unspecified atom stereocenters. The van der Waals surface area contributed by atoms with E-state index in [1.165, 1.54) is 6.33 Å². The van der Waals surface area contributed by atoms with Gasteiger partial charge in [0.1, 0.15) is 11.2 Å². The lowest BCUT2D eigenvalue weighted by Gasteiger charge is -2.37. The summed E-state index contributed by atoms with van der Waals surface area (Å²) in [6, 6.07) is 0. The Hall–Kier alpha value is -1.40. The van der Waals surface area contributed by atoms with E-state index < -0.39 is 5.72 Å². The number of rotatable bonds is 1. The standard InChI is InChI=1S/C9H10ClN5O/c10-6-5-7(14-8(11)13-6)15(4-12-5)9(16)2-1-3-9/h4,16H,1-3H2,(H2,11,13,14). The van der Waals surface area contributed by atoms with Crippen LogP contribution in [-0.2, 0) is 5.72 Å². The molecule has 7 heteroatoms. The molecular formula is C9H10ClN5O. The summed E-state index contributed by atoms with van der Waals surface area (Å²) in [6.07, 6.45) is 3.91. The fourth-order valence-electron chi connectivity index (χ4n) is 1.92. The Labute approximate surface area is 96.1 Å². The van der Waals surface area contributed by atoms with Crippen LogP contribution in [-0.4, -0.2) is 24.6 Å². The minimum absolute atomic E-state index is 0.0853. The zero-order chi connectivity index (χ0) is 11.3. The first-order valence-electron chi connectivity index (χ1n) is 4.99. The summed E-state index contributed by atoms with van der Waals surface area (Å²) in [4.78, 5) is 12.0. The molecule has 0 bridgehead atoms. The van der Waals surface area contributed by atoms with E-state index in [0.29, 0.717) is 24.0 Å². The summed E-state index contributed by atoms with van der Waals surface area (Å²) in [5, 5.41) is 10.4. The fraction of sp³-hybridized carbons (Fsp3) is 0.444. The molecule has 0 aliphatic heterocycles. The highest BCUT2D eigenvalue weighted by Gasteiger charge is 2.38. The molecule has 1 aliphatic rings. The molecule has 1 aliphatic carbocycles. The number of aliphatic hydroxyl groups is 1. The summed E-state index contributed by atoms with van der Waals surface area (Å²) >= 11 is 5.90. The quantitative estimate of drug-likeness (QED) is 0.722. The number of hydrogen-bond donors (Lipinski definition) is 2. The smallest absolute Gasteiger partial charge is 0.223 e. The highest BCUT2D eigenvalue weighted by Crippen LogP contribution is 2.38. The second-order valence-electron chi connectivity index (χ2n) is 4.00. The number of anilines is 1. The van der Waals surface area contributed by atoms with Gasteiger partial charge >= 0.3 is 0 Å². The van der Waals surface area contributed by atoms with Crippen molar-refractivity contribution < 1.29 is 5.11 Å². The Kier molecular flexibility index (Phi) is 1.87. The van der Waals surface area contributed by atoms with Crippen molar-refractivity contribution in [2.75, 3.05) is 5.73 Å². The van der Waals surface area contributed by atoms with Gasteiger partial charge in [-0.2, -0.15) is 9.97 Å². The largest absolute Gasteiger partial charge is 0.370 e. The molecule has 2 aromatic heterocycles. The van der Waals surface area contributed by atoms with Crippen LogP contribution in [0.4, 0.5) is 5.95 Å². The third kappa shape index (κ3) is 1.20. The first kappa shape index (κ1) is 9.80. The topological polar surface area (TPSA) is 89.8 Å². The van der Waals surface area contributed by atoms with E-state index in [2.05, 4.69) is 15.0 Å². The Morgan fingerprint density at radius 2 is 2.19 bits per heavy atom. The van der Waals surface area contributed by atoms with Crippen LogP contribution in [0.3, 0.4) is 0 Å². The summed E-state index contributed by atoms with van der Waals surface area (Å²) in [5.74, 6) is 0.0853. The predicted molar refractivity (Wildman–Crippen MR) is 58.8 cm³/mol. The molecule has 2 heterocycles. The van der Waals surface area contributed by atoms with Gasteiger partial charge in [0.15, 0.2) is 10.8 Å². The van der Waals surface area contributed by atoms with Gasteiger partial charge in [-0.1, -0.05) is 11.6 Å². The van der Waals surface area contributed by atoms with Crippen LogP contribution in [0.25, 0.3) is 11.2 Å². The van der Waals surface area contributed by atoms with Gasteiger partial charge in [-0.25, -0.2) is 4.98 Å². The molecule has 3 rings (SSSR count). The van der Waals surface area contributed by atoms with E-state index in [1.54, 1.807) is 4.57 Å². The first-order chi connectivity index (χ1) is 7.60. The van der Waals surface area contributed by atoms with Crippen LogP contribution >= 0.6 is 11.6 Å². The van der Waals surface area contributed by atoms with E-state index >= 15 is 0 Å². The average Bonchev–Trinajstić information content (AvgIpc) is 2.58. The molecule has 2 aromatic rings. The van der Waals surface area contributed by atoms with Gasteiger partial charge in [-0.05, 0) is 19.3 Å². The third-order valence-corrected chi connectivity index (χ3v) is 3.24. The number of fused-ring (bicyclic) bond motifs is 1. The molecule has 84 valence electrons. The number of hydrogen-bond acceptors (Lipinski definition) is 5. The van der Waals surface area contributed by atoms with Crippen molar-refractivity contribution in [2.45, 2.75) is 25.0 Å². The normalized spacial score (nSPS) is 18.6. The van der Waals surface area contributed by atoms with Crippen molar-refractivity contribution in [2.24, 2.45) is 0 Å². The zero-order valence-corrected chi connectivity index (χ0v) is 9.15. The van der Waals surface area contributed by atoms with Crippen LogP contribution in [0.1, 0.15) is 19.3 Å². The predicted octanol–water partition coefficient (Wildman–Crippen LogP) is 0.891. The van der Waals surface area contributed by atoms with Gasteiger partial charge < -0.3 is 10.8 Å². The van der Waals surface area contributed by atoms with E-state index in [-0.39, 0.29) is 11.1 Å². The lowest BCUT2D eigenvalue weighted by atomic mass is 9.88. The van der Waals surface area contributed by atoms with E-state index in [4.69, 9.17) is 17.3 Å². The van der Waals surface area contributed by atoms with Gasteiger partial charge in [-0.15, -0.1) is 0 Å². The zero-order valence-electron chi connectivity index (χ0n) is 8.39. The molecule has 0 radical (unpaired) electrons. The molecule has 1 saturated carbocycles. The molecule has 0 spiro atoms. The molecule has 1 fully saturated rings. The average molecular weight is 240 g/mol. The van der Waals surface area contributed by atoms with Crippen LogP contribution in [0.15, 0.2) is 6.33 Å². The second-order valence-corrected chi connectivity index (χ2v) is 4.35. The van der Waals surface area contributed by atoms with Gasteiger partial charge in [0, 0.05) is 0 Å². The van der Waals surface area contributed by atoms with Gasteiger partial charge in [-0.3, -0.25) is 4.57 Å². The molecular weight excluding hydrogens is 230 g/mol. The van der Waals surface area contributed by atoms with Crippen LogP contribution in [0.2, 0.25) is 5.15 Å². The molecule has 3 N–H and O–H groups in total. The minimum Gasteiger partial charge on any atom is -0.370 e. The third-order valence-electron chi connectivity index (χ3n) is 2.97. The number of halogens is 1. The highest BCUT2D eigenvalue weighted by molar-refractivity contribution is 6.33. The van der Waals surface area contributed by atoms with Gasteiger partial charge in [0.2, 0.25) is 5.95 Å². The number of nitrogens with two attached hydrogens (primary N) is 1. The Morgan fingerprint density at radius 1 is 1.44 bits per heavy atom. The lowest BCUT2D eigenvalue weighted by Crippen LogP contribution is -2.39. The van der Waals surface area contributed by atoms with Gasteiger partial charge in [0.25, 0.3) is 0 Å². The first-order valence-corrected chi connectivity index (χ1v) is 5.37. The number of nitrogen functional groups attached to an aromatic ring is 1. The van der Waals surface area contributed by atoms with Crippen molar-refractivity contribution >= 4 is 28.7 Å². The number of nitrogens with zero attached hydrogens (tertiary/aromatic N) is 4. The van der Waals surface area contributed by atoms with E-state index in [1.807, 2.05) is 0 Å². The van der Waals surface area contributed by atoms with Crippen LogP contribution in [0, 0.1) is 0 Å². The van der Waals surface area contributed by atoms with Crippen molar-refractivity contribution in [3.05, 3.63) is 11.5 Å². The summed E-state index contributed by atoms with van der Waals surface area (Å²) in [7, 11) is 0. The Bertz CT molecular complexity index is 562. The maximum Gasteiger partial charge on any atom is 0.223 e. The fourth-order valence-corrected chi connectivity index (χ4v) is 2.14. The van der Waals surface area contributed by atoms with E-state index in [9.17, 15) is 5.11 Å². The van der Waals surface area contributed by atoms with Gasteiger partial charge in [0.05, 0.1) is 6.33 Å². The highest BCUT2D eigenvalue weighted by atomic mass is 35.5. The number of imidazole rings is 1. The number of aromatic nitrogens is 4. The summed E-state index contributed by atoms with van der Waals surface area (Å²) in [5.41, 5.74) is 5.59. The molecule has 16 heavy (non-hydrogen) atoms. The van der Waals surface area contributed by atoms with Crippen LogP contribution < -0.4 is 5.73 Å². The van der Waals surface area contributed by atoms with Crippen molar-refractivity contribution in [3.63, 3.8) is 0 Å². The van der Waals surface area contributed by atoms with Crippen molar-refractivity contribution in [1.82, 2.24) is 19.5 Å². The molecule has 0 amide bonds. The minimum atomic E-state index is -0.890. The maximum absolute atomic E-state index is 10.2. The molecule has 6 nitrogen and oxygen atoms in total. The SMILES string of the molecule is Nc1nc(Cl)c2ncn(C3(O)CCC3)c2n1. The van der Waals surface area contributed by atoms with Crippen molar-refractivity contribution in [3.8, 4) is 0 Å². The lowest BCUT2D eigenvalue weighted by molar-refractivity contribution is -0.103. The second kappa shape index (κ2) is 3.05. The Balaban J connectivity index is 2.27. The molecule has 0 aromatic carbocycles. The molecule has 0 saturated heterocycles. The summed E-state index contributed by atoms with van der Waals surface area (Å²) < 4.78 is 1.62. The summed E-state index contributed by atoms with van der Waals surface area (Å²) in [6.45, 7) is 0. The van der Waals surface area contributed by atoms with Crippen molar-refractivity contribution in [1.29, 1.82) is 0 Å². The monoisotopic (exact) mass is 239 g/mol. The Morgan fingerprint density at radius 3 is 2.81 bits per heavy atom. The van der Waals surface area contributed by atoms with Crippen LogP contribution in [0.5, 0.6) is 0 Å². The maximum atomic E-state index is 10.2.